The standard InChI is InChI=1S/C15H22FN3O/c1-11-2-3-14(16)13(10-11)15(20)18-12-4-7-19(8-5-12)9-6-17/h2-3,10,12H,4-9,17H2,1H3,(H,18,20). The van der Waals surface area contributed by atoms with Gasteiger partial charge in [0.25, 0.3) is 5.91 Å². The number of hydrogen-bond acceptors (Lipinski definition) is 3. The zero-order valence-corrected chi connectivity index (χ0v) is 11.9. The molecular formula is C15H22FN3O. The molecule has 0 radical (unpaired) electrons. The third kappa shape index (κ3) is 3.77. The lowest BCUT2D eigenvalue weighted by Gasteiger charge is -2.32. The Labute approximate surface area is 119 Å². The molecule has 1 aromatic rings. The van der Waals surface area contributed by atoms with Gasteiger partial charge in [-0.2, -0.15) is 0 Å². The summed E-state index contributed by atoms with van der Waals surface area (Å²) in [6.07, 6.45) is 1.78. The second-order valence-corrected chi connectivity index (χ2v) is 5.36. The van der Waals surface area contributed by atoms with Gasteiger partial charge in [0, 0.05) is 32.2 Å². The van der Waals surface area contributed by atoms with Gasteiger partial charge in [0.05, 0.1) is 5.56 Å². The summed E-state index contributed by atoms with van der Waals surface area (Å²) >= 11 is 0. The number of piperidine rings is 1. The molecule has 1 saturated heterocycles. The second kappa shape index (κ2) is 6.81. The number of aryl methyl sites for hydroxylation is 1. The van der Waals surface area contributed by atoms with Gasteiger partial charge < -0.3 is 16.0 Å². The fourth-order valence-electron chi connectivity index (χ4n) is 2.56. The molecule has 1 aromatic carbocycles. The summed E-state index contributed by atoms with van der Waals surface area (Å²) in [6.45, 7) is 5.26. The number of amides is 1. The number of carbonyl (C=O) groups excluding carboxylic acids is 1. The van der Waals surface area contributed by atoms with E-state index in [-0.39, 0.29) is 17.5 Å². The van der Waals surface area contributed by atoms with Crippen LogP contribution in [0.15, 0.2) is 18.2 Å². The second-order valence-electron chi connectivity index (χ2n) is 5.36. The highest BCUT2D eigenvalue weighted by atomic mass is 19.1. The van der Waals surface area contributed by atoms with Gasteiger partial charge >= 0.3 is 0 Å². The van der Waals surface area contributed by atoms with Crippen molar-refractivity contribution in [2.45, 2.75) is 25.8 Å². The summed E-state index contributed by atoms with van der Waals surface area (Å²) in [5.41, 5.74) is 6.55. The fraction of sp³-hybridized carbons (Fsp3) is 0.533. The first-order valence-electron chi connectivity index (χ1n) is 7.09. The van der Waals surface area contributed by atoms with Crippen molar-refractivity contribution in [3.05, 3.63) is 35.1 Å². The van der Waals surface area contributed by atoms with Crippen LogP contribution in [0.5, 0.6) is 0 Å². The summed E-state index contributed by atoms with van der Waals surface area (Å²) in [4.78, 5) is 14.4. The van der Waals surface area contributed by atoms with E-state index in [0.717, 1.165) is 38.0 Å². The van der Waals surface area contributed by atoms with Gasteiger partial charge in [-0.25, -0.2) is 4.39 Å². The average Bonchev–Trinajstić information content (AvgIpc) is 2.44. The lowest BCUT2D eigenvalue weighted by Crippen LogP contribution is -2.45. The van der Waals surface area contributed by atoms with E-state index in [1.807, 2.05) is 6.92 Å². The van der Waals surface area contributed by atoms with Crippen LogP contribution < -0.4 is 11.1 Å². The molecule has 1 aliphatic heterocycles. The molecule has 3 N–H and O–H groups in total. The van der Waals surface area contributed by atoms with Crippen molar-refractivity contribution < 1.29 is 9.18 Å². The van der Waals surface area contributed by atoms with Gasteiger partial charge in [-0.3, -0.25) is 4.79 Å². The number of hydrogen-bond donors (Lipinski definition) is 2. The molecule has 110 valence electrons. The van der Waals surface area contributed by atoms with E-state index in [2.05, 4.69) is 10.2 Å². The van der Waals surface area contributed by atoms with Crippen LogP contribution in [0.3, 0.4) is 0 Å². The van der Waals surface area contributed by atoms with Gasteiger partial charge in [0.15, 0.2) is 0 Å². The zero-order valence-electron chi connectivity index (χ0n) is 11.9. The third-order valence-electron chi connectivity index (χ3n) is 3.73. The van der Waals surface area contributed by atoms with Crippen molar-refractivity contribution in [3.63, 3.8) is 0 Å². The maximum atomic E-state index is 13.7. The van der Waals surface area contributed by atoms with Crippen molar-refractivity contribution in [2.75, 3.05) is 26.2 Å². The molecule has 1 amide bonds. The monoisotopic (exact) mass is 279 g/mol. The summed E-state index contributed by atoms with van der Waals surface area (Å²) < 4.78 is 13.7. The van der Waals surface area contributed by atoms with Crippen molar-refractivity contribution in [2.24, 2.45) is 5.73 Å². The predicted octanol–water partition coefficient (Wildman–Crippen LogP) is 1.29. The average molecular weight is 279 g/mol. The maximum Gasteiger partial charge on any atom is 0.254 e. The minimum atomic E-state index is -0.464. The molecule has 0 atom stereocenters. The van der Waals surface area contributed by atoms with Crippen LogP contribution in [0.4, 0.5) is 4.39 Å². The predicted molar refractivity (Wildman–Crippen MR) is 77.1 cm³/mol. The molecule has 0 spiro atoms. The SMILES string of the molecule is Cc1ccc(F)c(C(=O)NC2CCN(CCN)CC2)c1. The first-order chi connectivity index (χ1) is 9.60. The Kier molecular flexibility index (Phi) is 5.09. The van der Waals surface area contributed by atoms with Crippen LogP contribution in [0.1, 0.15) is 28.8 Å². The van der Waals surface area contributed by atoms with E-state index in [1.54, 1.807) is 12.1 Å². The molecule has 5 heteroatoms. The Balaban J connectivity index is 1.91. The van der Waals surface area contributed by atoms with Gasteiger partial charge in [-0.05, 0) is 31.9 Å². The Morgan fingerprint density at radius 3 is 2.80 bits per heavy atom. The van der Waals surface area contributed by atoms with Crippen molar-refractivity contribution >= 4 is 5.91 Å². The summed E-state index contributed by atoms with van der Waals surface area (Å²) in [5.74, 6) is -0.780. The Hall–Kier alpha value is -1.46. The normalized spacial score (nSPS) is 17.1. The van der Waals surface area contributed by atoms with Crippen LogP contribution in [-0.4, -0.2) is 43.0 Å². The zero-order chi connectivity index (χ0) is 14.5. The molecule has 0 bridgehead atoms. The van der Waals surface area contributed by atoms with Crippen molar-refractivity contribution in [3.8, 4) is 0 Å². The number of rotatable bonds is 4. The quantitative estimate of drug-likeness (QED) is 0.873. The van der Waals surface area contributed by atoms with Crippen LogP contribution in [0.25, 0.3) is 0 Å². The van der Waals surface area contributed by atoms with E-state index in [9.17, 15) is 9.18 Å². The number of nitrogens with zero attached hydrogens (tertiary/aromatic N) is 1. The van der Waals surface area contributed by atoms with Crippen molar-refractivity contribution in [1.29, 1.82) is 0 Å². The minimum absolute atomic E-state index is 0.122. The molecule has 4 nitrogen and oxygen atoms in total. The Bertz CT molecular complexity index is 470. The number of nitrogens with one attached hydrogen (secondary N) is 1. The summed E-state index contributed by atoms with van der Waals surface area (Å²) in [7, 11) is 0. The number of halogens is 1. The molecule has 1 aliphatic rings. The van der Waals surface area contributed by atoms with Crippen molar-refractivity contribution in [1.82, 2.24) is 10.2 Å². The number of carbonyl (C=O) groups is 1. The van der Waals surface area contributed by atoms with Gasteiger partial charge in [-0.15, -0.1) is 0 Å². The molecule has 0 saturated carbocycles. The smallest absolute Gasteiger partial charge is 0.254 e. The lowest BCUT2D eigenvalue weighted by molar-refractivity contribution is 0.0908. The molecular weight excluding hydrogens is 257 g/mol. The topological polar surface area (TPSA) is 58.4 Å². The molecule has 1 heterocycles. The Morgan fingerprint density at radius 1 is 1.45 bits per heavy atom. The van der Waals surface area contributed by atoms with Crippen LogP contribution in [0, 0.1) is 12.7 Å². The van der Waals surface area contributed by atoms with Gasteiger partial charge in [0.2, 0.25) is 0 Å². The van der Waals surface area contributed by atoms with Crippen LogP contribution >= 0.6 is 0 Å². The first kappa shape index (κ1) is 14.9. The fourth-order valence-corrected chi connectivity index (χ4v) is 2.56. The largest absolute Gasteiger partial charge is 0.349 e. The number of likely N-dealkylation sites (tertiary alicyclic amines) is 1. The van der Waals surface area contributed by atoms with Crippen LogP contribution in [-0.2, 0) is 0 Å². The molecule has 0 unspecified atom stereocenters. The van der Waals surface area contributed by atoms with Gasteiger partial charge in [-0.1, -0.05) is 11.6 Å². The molecule has 2 rings (SSSR count). The van der Waals surface area contributed by atoms with E-state index >= 15 is 0 Å². The summed E-state index contributed by atoms with van der Waals surface area (Å²) in [6, 6.07) is 4.72. The van der Waals surface area contributed by atoms with E-state index in [0.29, 0.717) is 6.54 Å². The van der Waals surface area contributed by atoms with Gasteiger partial charge in [0.1, 0.15) is 5.82 Å². The van der Waals surface area contributed by atoms with E-state index in [4.69, 9.17) is 5.73 Å². The highest BCUT2D eigenvalue weighted by molar-refractivity contribution is 5.94. The molecule has 1 fully saturated rings. The maximum absolute atomic E-state index is 13.7. The molecule has 20 heavy (non-hydrogen) atoms. The molecule has 0 aromatic heterocycles. The minimum Gasteiger partial charge on any atom is -0.349 e. The first-order valence-corrected chi connectivity index (χ1v) is 7.09. The van der Waals surface area contributed by atoms with E-state index < -0.39 is 5.82 Å². The Morgan fingerprint density at radius 2 is 2.15 bits per heavy atom. The van der Waals surface area contributed by atoms with E-state index in [1.165, 1.54) is 6.07 Å². The number of nitrogens with two attached hydrogens (primary N) is 1. The van der Waals surface area contributed by atoms with Crippen LogP contribution in [0.2, 0.25) is 0 Å². The highest BCUT2D eigenvalue weighted by Crippen LogP contribution is 2.13. The molecule has 0 aliphatic carbocycles. The third-order valence-corrected chi connectivity index (χ3v) is 3.73. The summed E-state index contributed by atoms with van der Waals surface area (Å²) in [5, 5.41) is 2.93. The number of benzene rings is 1. The highest BCUT2D eigenvalue weighted by Gasteiger charge is 2.21. The lowest BCUT2D eigenvalue weighted by atomic mass is 10.0.